The molecular weight excluding hydrogens is 346 g/mol. The number of pyridine rings is 1. The molecule has 0 fully saturated rings. The Labute approximate surface area is 146 Å². The molecule has 0 aliphatic rings. The summed E-state index contributed by atoms with van der Waals surface area (Å²) in [5, 5.41) is 8.53. The molecule has 0 spiro atoms. The monoisotopic (exact) mass is 358 g/mol. The summed E-state index contributed by atoms with van der Waals surface area (Å²) in [6.07, 6.45) is 1.28. The van der Waals surface area contributed by atoms with E-state index in [0.717, 1.165) is 12.1 Å². The number of aryl methyl sites for hydroxylation is 1. The Hall–Kier alpha value is -3.62. The van der Waals surface area contributed by atoms with E-state index in [-0.39, 0.29) is 22.8 Å². The number of nitrogens with zero attached hydrogens (tertiary/aromatic N) is 2. The predicted octanol–water partition coefficient (Wildman–Crippen LogP) is 3.16. The second-order valence-corrected chi connectivity index (χ2v) is 5.29. The number of nitrogens with one attached hydrogen (secondary N) is 2. The summed E-state index contributed by atoms with van der Waals surface area (Å²) in [7, 11) is 0. The van der Waals surface area contributed by atoms with Crippen molar-refractivity contribution >= 4 is 23.3 Å². The van der Waals surface area contributed by atoms with Gasteiger partial charge in [0.15, 0.2) is 17.5 Å². The van der Waals surface area contributed by atoms with Crippen molar-refractivity contribution in [3.05, 3.63) is 71.2 Å². The van der Waals surface area contributed by atoms with E-state index in [4.69, 9.17) is 4.52 Å². The van der Waals surface area contributed by atoms with Gasteiger partial charge in [-0.3, -0.25) is 14.6 Å². The number of rotatable bonds is 4. The Morgan fingerprint density at radius 2 is 1.81 bits per heavy atom. The average Bonchev–Trinajstić information content (AvgIpc) is 3.03. The van der Waals surface area contributed by atoms with E-state index in [9.17, 15) is 18.4 Å². The Morgan fingerprint density at radius 3 is 2.50 bits per heavy atom. The van der Waals surface area contributed by atoms with Crippen molar-refractivity contribution in [2.75, 3.05) is 10.6 Å². The maximum atomic E-state index is 13.2. The highest BCUT2D eigenvalue weighted by Crippen LogP contribution is 2.15. The predicted molar refractivity (Wildman–Crippen MR) is 87.7 cm³/mol. The van der Waals surface area contributed by atoms with Gasteiger partial charge in [-0.25, -0.2) is 8.78 Å². The SMILES string of the molecule is Cc1cc(NC(=O)c2ccnc(C(=O)Nc3ccc(F)c(F)c3)c2)no1. The largest absolute Gasteiger partial charge is 0.360 e. The summed E-state index contributed by atoms with van der Waals surface area (Å²) in [6, 6.07) is 7.16. The Bertz CT molecular complexity index is 988. The van der Waals surface area contributed by atoms with Crippen LogP contribution in [0.2, 0.25) is 0 Å². The lowest BCUT2D eigenvalue weighted by Crippen LogP contribution is -2.17. The molecule has 2 aromatic heterocycles. The van der Waals surface area contributed by atoms with E-state index in [1.165, 1.54) is 30.5 Å². The zero-order valence-corrected chi connectivity index (χ0v) is 13.4. The van der Waals surface area contributed by atoms with Gasteiger partial charge in [-0.1, -0.05) is 5.16 Å². The molecule has 0 unspecified atom stereocenters. The molecule has 2 heterocycles. The van der Waals surface area contributed by atoms with Crippen molar-refractivity contribution in [2.45, 2.75) is 6.92 Å². The highest BCUT2D eigenvalue weighted by molar-refractivity contribution is 6.07. The van der Waals surface area contributed by atoms with Crippen molar-refractivity contribution in [2.24, 2.45) is 0 Å². The van der Waals surface area contributed by atoms with Crippen LogP contribution < -0.4 is 10.6 Å². The molecule has 0 saturated carbocycles. The summed E-state index contributed by atoms with van der Waals surface area (Å²) in [4.78, 5) is 28.3. The van der Waals surface area contributed by atoms with Crippen LogP contribution in [0.25, 0.3) is 0 Å². The van der Waals surface area contributed by atoms with E-state index < -0.39 is 23.4 Å². The van der Waals surface area contributed by atoms with E-state index in [0.29, 0.717) is 5.76 Å². The summed E-state index contributed by atoms with van der Waals surface area (Å²) in [5.41, 5.74) is 0.151. The minimum Gasteiger partial charge on any atom is -0.360 e. The van der Waals surface area contributed by atoms with Gasteiger partial charge in [-0.05, 0) is 31.2 Å². The van der Waals surface area contributed by atoms with E-state index in [1.807, 2.05) is 0 Å². The average molecular weight is 358 g/mol. The number of amides is 2. The quantitative estimate of drug-likeness (QED) is 0.747. The molecule has 7 nitrogen and oxygen atoms in total. The molecule has 0 saturated heterocycles. The molecule has 0 bridgehead atoms. The highest BCUT2D eigenvalue weighted by atomic mass is 19.2. The zero-order valence-electron chi connectivity index (χ0n) is 13.4. The number of hydrogen-bond acceptors (Lipinski definition) is 5. The standard InChI is InChI=1S/C17H12F2N4O3/c1-9-6-15(23-26-9)22-16(24)10-4-5-20-14(7-10)17(25)21-11-2-3-12(18)13(19)8-11/h2-8H,1H3,(H,21,25)(H,22,23,24). The molecule has 1 aromatic carbocycles. The van der Waals surface area contributed by atoms with Crippen LogP contribution in [-0.4, -0.2) is 22.0 Å². The van der Waals surface area contributed by atoms with Crippen LogP contribution in [0.4, 0.5) is 20.3 Å². The molecule has 0 atom stereocenters. The van der Waals surface area contributed by atoms with Crippen LogP contribution in [0.15, 0.2) is 47.1 Å². The first-order chi connectivity index (χ1) is 12.4. The Kier molecular flexibility index (Phi) is 4.70. The van der Waals surface area contributed by atoms with Crippen molar-refractivity contribution < 1.29 is 22.9 Å². The lowest BCUT2D eigenvalue weighted by atomic mass is 10.2. The maximum Gasteiger partial charge on any atom is 0.274 e. The summed E-state index contributed by atoms with van der Waals surface area (Å²) in [5.74, 6) is -2.54. The first kappa shape index (κ1) is 17.2. The van der Waals surface area contributed by atoms with Crippen LogP contribution in [0.3, 0.4) is 0 Å². The Balaban J connectivity index is 1.74. The smallest absolute Gasteiger partial charge is 0.274 e. The number of halogens is 2. The van der Waals surface area contributed by atoms with E-state index in [1.54, 1.807) is 6.92 Å². The molecule has 3 rings (SSSR count). The summed E-state index contributed by atoms with van der Waals surface area (Å²) < 4.78 is 31.0. The fraction of sp³-hybridized carbons (Fsp3) is 0.0588. The number of aromatic nitrogens is 2. The van der Waals surface area contributed by atoms with Gasteiger partial charge < -0.3 is 15.2 Å². The lowest BCUT2D eigenvalue weighted by molar-refractivity contribution is 0.102. The molecule has 0 radical (unpaired) electrons. The molecule has 0 aliphatic carbocycles. The van der Waals surface area contributed by atoms with Gasteiger partial charge in [0.05, 0.1) is 0 Å². The molecule has 3 aromatic rings. The normalized spacial score (nSPS) is 10.4. The molecule has 9 heteroatoms. The Morgan fingerprint density at radius 1 is 1.00 bits per heavy atom. The van der Waals surface area contributed by atoms with Crippen LogP contribution in [-0.2, 0) is 0 Å². The first-order valence-electron chi connectivity index (χ1n) is 7.39. The topological polar surface area (TPSA) is 97.1 Å². The molecule has 2 N–H and O–H groups in total. The van der Waals surface area contributed by atoms with Gasteiger partial charge in [0.1, 0.15) is 11.5 Å². The lowest BCUT2D eigenvalue weighted by Gasteiger charge is -2.06. The van der Waals surface area contributed by atoms with Crippen LogP contribution in [0, 0.1) is 18.6 Å². The minimum absolute atomic E-state index is 0.0589. The number of carbonyl (C=O) groups is 2. The molecular formula is C17H12F2N4O3. The first-order valence-corrected chi connectivity index (χ1v) is 7.39. The minimum atomic E-state index is -1.09. The summed E-state index contributed by atoms with van der Waals surface area (Å²) >= 11 is 0. The number of carbonyl (C=O) groups excluding carboxylic acids is 2. The highest BCUT2D eigenvalue weighted by Gasteiger charge is 2.14. The second kappa shape index (κ2) is 7.09. The maximum absolute atomic E-state index is 13.2. The molecule has 26 heavy (non-hydrogen) atoms. The van der Waals surface area contributed by atoms with Gasteiger partial charge in [0, 0.05) is 29.6 Å². The number of anilines is 2. The zero-order chi connectivity index (χ0) is 18.7. The van der Waals surface area contributed by atoms with Crippen molar-refractivity contribution in [1.82, 2.24) is 10.1 Å². The fourth-order valence-electron chi connectivity index (χ4n) is 2.08. The van der Waals surface area contributed by atoms with Crippen molar-refractivity contribution in [3.8, 4) is 0 Å². The third-order valence-corrected chi connectivity index (χ3v) is 3.30. The van der Waals surface area contributed by atoms with Gasteiger partial charge in [-0.15, -0.1) is 0 Å². The summed E-state index contributed by atoms with van der Waals surface area (Å²) in [6.45, 7) is 1.68. The molecule has 2 amide bonds. The van der Waals surface area contributed by atoms with Gasteiger partial charge in [0.25, 0.3) is 11.8 Å². The number of benzene rings is 1. The van der Waals surface area contributed by atoms with E-state index in [2.05, 4.69) is 20.8 Å². The van der Waals surface area contributed by atoms with Crippen LogP contribution >= 0.6 is 0 Å². The fourth-order valence-corrected chi connectivity index (χ4v) is 2.08. The third-order valence-electron chi connectivity index (χ3n) is 3.30. The number of hydrogen-bond donors (Lipinski definition) is 2. The van der Waals surface area contributed by atoms with Gasteiger partial charge in [0.2, 0.25) is 0 Å². The van der Waals surface area contributed by atoms with Crippen molar-refractivity contribution in [1.29, 1.82) is 0 Å². The van der Waals surface area contributed by atoms with Crippen molar-refractivity contribution in [3.63, 3.8) is 0 Å². The third kappa shape index (κ3) is 3.89. The second-order valence-electron chi connectivity index (χ2n) is 5.29. The molecule has 132 valence electrons. The van der Waals surface area contributed by atoms with Gasteiger partial charge in [-0.2, -0.15) is 0 Å². The van der Waals surface area contributed by atoms with Crippen LogP contribution in [0.5, 0.6) is 0 Å². The van der Waals surface area contributed by atoms with E-state index >= 15 is 0 Å². The van der Waals surface area contributed by atoms with Crippen LogP contribution in [0.1, 0.15) is 26.6 Å². The van der Waals surface area contributed by atoms with Gasteiger partial charge >= 0.3 is 0 Å². The molecule has 0 aliphatic heterocycles.